The number of anilines is 1. The van der Waals surface area contributed by atoms with Gasteiger partial charge >= 0.3 is 0 Å². The monoisotopic (exact) mass is 269 g/mol. The molecule has 1 aromatic rings. The topological polar surface area (TPSA) is 12.0 Å². The maximum Gasteiger partial charge on any atom is 0.0655 e. The van der Waals surface area contributed by atoms with Crippen LogP contribution in [-0.2, 0) is 0 Å². The van der Waals surface area contributed by atoms with E-state index in [-0.39, 0.29) is 0 Å². The maximum atomic E-state index is 6.21. The lowest BCUT2D eigenvalue weighted by atomic mass is 9.89. The van der Waals surface area contributed by atoms with Gasteiger partial charge in [-0.1, -0.05) is 48.9 Å². The van der Waals surface area contributed by atoms with Gasteiger partial charge in [-0.15, -0.1) is 0 Å². The summed E-state index contributed by atoms with van der Waals surface area (Å²) < 4.78 is 0. The Morgan fingerprint density at radius 1 is 1.18 bits per heavy atom. The Kier molecular flexibility index (Phi) is 3.23. The van der Waals surface area contributed by atoms with E-state index in [0.29, 0.717) is 5.92 Å². The van der Waals surface area contributed by atoms with Crippen molar-refractivity contribution < 1.29 is 0 Å². The van der Waals surface area contributed by atoms with E-state index in [4.69, 9.17) is 23.2 Å². The van der Waals surface area contributed by atoms with E-state index in [0.717, 1.165) is 28.2 Å². The molecule has 3 heteroatoms. The van der Waals surface area contributed by atoms with Gasteiger partial charge in [-0.3, -0.25) is 0 Å². The van der Waals surface area contributed by atoms with E-state index in [1.165, 1.54) is 37.7 Å². The fraction of sp³-hybridized carbons (Fsp3) is 0.571. The SMILES string of the molecule is Clc1cc(Cl)c2c(c1)C(CC1CCCC1)CN2. The van der Waals surface area contributed by atoms with Crippen LogP contribution in [0, 0.1) is 5.92 Å². The number of fused-ring (bicyclic) bond motifs is 1. The van der Waals surface area contributed by atoms with Crippen LogP contribution < -0.4 is 5.32 Å². The fourth-order valence-corrected chi connectivity index (χ4v) is 3.87. The van der Waals surface area contributed by atoms with Crippen LogP contribution in [0.25, 0.3) is 0 Å². The van der Waals surface area contributed by atoms with E-state index >= 15 is 0 Å². The van der Waals surface area contributed by atoms with Gasteiger partial charge in [0.15, 0.2) is 0 Å². The third-order valence-corrected chi connectivity index (χ3v) is 4.66. The zero-order chi connectivity index (χ0) is 11.8. The summed E-state index contributed by atoms with van der Waals surface area (Å²) in [5, 5.41) is 4.95. The maximum absolute atomic E-state index is 6.21. The van der Waals surface area contributed by atoms with Crippen LogP contribution >= 0.6 is 23.2 Å². The summed E-state index contributed by atoms with van der Waals surface area (Å²) in [6.45, 7) is 1.02. The molecular weight excluding hydrogens is 253 g/mol. The Balaban J connectivity index is 1.82. The Hall–Kier alpha value is -0.400. The van der Waals surface area contributed by atoms with Gasteiger partial charge in [-0.25, -0.2) is 0 Å². The van der Waals surface area contributed by atoms with E-state index in [1.54, 1.807) is 0 Å². The van der Waals surface area contributed by atoms with Gasteiger partial charge in [0.05, 0.1) is 10.7 Å². The van der Waals surface area contributed by atoms with Crippen LogP contribution in [0.3, 0.4) is 0 Å². The summed E-state index contributed by atoms with van der Waals surface area (Å²) >= 11 is 12.3. The van der Waals surface area contributed by atoms with E-state index in [2.05, 4.69) is 11.4 Å². The molecule has 1 aliphatic heterocycles. The molecule has 0 spiro atoms. The molecule has 1 aliphatic carbocycles. The quantitative estimate of drug-likeness (QED) is 0.789. The molecule has 1 heterocycles. The zero-order valence-electron chi connectivity index (χ0n) is 9.81. The van der Waals surface area contributed by atoms with Crippen molar-refractivity contribution in [3.63, 3.8) is 0 Å². The molecule has 0 amide bonds. The summed E-state index contributed by atoms with van der Waals surface area (Å²) in [6.07, 6.45) is 6.92. The van der Waals surface area contributed by atoms with Gasteiger partial charge in [0, 0.05) is 17.5 Å². The van der Waals surface area contributed by atoms with E-state index in [9.17, 15) is 0 Å². The predicted octanol–water partition coefficient (Wildman–Crippen LogP) is 5.08. The first-order valence-electron chi connectivity index (χ1n) is 6.47. The highest BCUT2D eigenvalue weighted by molar-refractivity contribution is 6.36. The molecular formula is C14H17Cl2N. The average Bonchev–Trinajstić information content (AvgIpc) is 2.89. The summed E-state index contributed by atoms with van der Waals surface area (Å²) in [4.78, 5) is 0. The first kappa shape index (κ1) is 11.7. The van der Waals surface area contributed by atoms with Gasteiger partial charge in [0.25, 0.3) is 0 Å². The number of rotatable bonds is 2. The highest BCUT2D eigenvalue weighted by atomic mass is 35.5. The number of halogens is 2. The highest BCUT2D eigenvalue weighted by Crippen LogP contribution is 2.43. The normalized spacial score (nSPS) is 23.8. The Morgan fingerprint density at radius 3 is 2.71 bits per heavy atom. The molecule has 1 saturated carbocycles. The van der Waals surface area contributed by atoms with Gasteiger partial charge in [0.1, 0.15) is 0 Å². The van der Waals surface area contributed by atoms with Crippen LogP contribution in [0.4, 0.5) is 5.69 Å². The summed E-state index contributed by atoms with van der Waals surface area (Å²) in [5.41, 5.74) is 2.44. The molecule has 92 valence electrons. The molecule has 17 heavy (non-hydrogen) atoms. The van der Waals surface area contributed by atoms with Crippen molar-refractivity contribution in [3.05, 3.63) is 27.7 Å². The summed E-state index contributed by atoms with van der Waals surface area (Å²) in [6, 6.07) is 3.91. The predicted molar refractivity (Wildman–Crippen MR) is 74.3 cm³/mol. The second kappa shape index (κ2) is 4.70. The van der Waals surface area contributed by atoms with Crippen molar-refractivity contribution in [2.45, 2.75) is 38.0 Å². The molecule has 1 nitrogen and oxygen atoms in total. The highest BCUT2D eigenvalue weighted by Gasteiger charge is 2.28. The van der Waals surface area contributed by atoms with Crippen LogP contribution in [0.15, 0.2) is 12.1 Å². The van der Waals surface area contributed by atoms with E-state index < -0.39 is 0 Å². The van der Waals surface area contributed by atoms with Crippen LogP contribution in [0.5, 0.6) is 0 Å². The molecule has 1 fully saturated rings. The van der Waals surface area contributed by atoms with Crippen molar-refractivity contribution in [1.82, 2.24) is 0 Å². The van der Waals surface area contributed by atoms with Crippen molar-refractivity contribution >= 4 is 28.9 Å². The largest absolute Gasteiger partial charge is 0.383 e. The molecule has 1 unspecified atom stereocenters. The molecule has 1 N–H and O–H groups in total. The Labute approximate surface area is 112 Å². The lowest BCUT2D eigenvalue weighted by molar-refractivity contribution is 0.460. The number of nitrogens with one attached hydrogen (secondary N) is 1. The minimum Gasteiger partial charge on any atom is -0.383 e. The molecule has 0 radical (unpaired) electrons. The molecule has 1 aromatic carbocycles. The average molecular weight is 270 g/mol. The van der Waals surface area contributed by atoms with Crippen LogP contribution in [0.2, 0.25) is 10.0 Å². The van der Waals surface area contributed by atoms with Crippen molar-refractivity contribution in [2.24, 2.45) is 5.92 Å². The van der Waals surface area contributed by atoms with Gasteiger partial charge in [0.2, 0.25) is 0 Å². The smallest absolute Gasteiger partial charge is 0.0655 e. The van der Waals surface area contributed by atoms with Crippen molar-refractivity contribution in [3.8, 4) is 0 Å². The molecule has 1 atom stereocenters. The lowest BCUT2D eigenvalue weighted by Gasteiger charge is -2.15. The van der Waals surface area contributed by atoms with Gasteiger partial charge in [-0.05, 0) is 30.0 Å². The van der Waals surface area contributed by atoms with E-state index in [1.807, 2.05) is 6.07 Å². The summed E-state index contributed by atoms with van der Waals surface area (Å²) in [5.74, 6) is 1.51. The minimum atomic E-state index is 0.601. The second-order valence-electron chi connectivity index (χ2n) is 5.32. The fourth-order valence-electron chi connectivity index (χ4n) is 3.30. The molecule has 0 bridgehead atoms. The van der Waals surface area contributed by atoms with Crippen LogP contribution in [0.1, 0.15) is 43.6 Å². The first-order chi connectivity index (χ1) is 8.24. The Bertz CT molecular complexity index is 424. The first-order valence-corrected chi connectivity index (χ1v) is 7.22. The molecule has 3 rings (SSSR count). The number of hydrogen-bond acceptors (Lipinski definition) is 1. The molecule has 2 aliphatic rings. The van der Waals surface area contributed by atoms with Crippen molar-refractivity contribution in [1.29, 1.82) is 0 Å². The van der Waals surface area contributed by atoms with Crippen LogP contribution in [-0.4, -0.2) is 6.54 Å². The lowest BCUT2D eigenvalue weighted by Crippen LogP contribution is -2.07. The standard InChI is InChI=1S/C14H17Cl2N/c15-11-6-12-10(5-9-3-1-2-4-9)8-17-14(12)13(16)7-11/h6-7,9-10,17H,1-5,8H2. The van der Waals surface area contributed by atoms with Crippen molar-refractivity contribution in [2.75, 3.05) is 11.9 Å². The third-order valence-electron chi connectivity index (χ3n) is 4.14. The number of hydrogen-bond donors (Lipinski definition) is 1. The summed E-state index contributed by atoms with van der Waals surface area (Å²) in [7, 11) is 0. The molecule has 0 aromatic heterocycles. The zero-order valence-corrected chi connectivity index (χ0v) is 11.3. The minimum absolute atomic E-state index is 0.601. The third kappa shape index (κ3) is 2.28. The van der Waals surface area contributed by atoms with Gasteiger partial charge < -0.3 is 5.32 Å². The van der Waals surface area contributed by atoms with Gasteiger partial charge in [-0.2, -0.15) is 0 Å². The molecule has 0 saturated heterocycles. The Morgan fingerprint density at radius 2 is 1.94 bits per heavy atom. The second-order valence-corrected chi connectivity index (χ2v) is 6.16. The number of benzene rings is 1.